The lowest BCUT2D eigenvalue weighted by Crippen LogP contribution is -2.42. The first-order valence-electron chi connectivity index (χ1n) is 6.54. The van der Waals surface area contributed by atoms with E-state index in [9.17, 15) is 4.79 Å². The van der Waals surface area contributed by atoms with Crippen molar-refractivity contribution in [2.75, 3.05) is 25.4 Å². The van der Waals surface area contributed by atoms with Crippen molar-refractivity contribution in [1.82, 2.24) is 4.90 Å². The minimum absolute atomic E-state index is 0.0204. The van der Waals surface area contributed by atoms with E-state index in [4.69, 9.17) is 10.5 Å². The predicted octanol–water partition coefficient (Wildman–Crippen LogP) is 2.54. The highest BCUT2D eigenvalue weighted by molar-refractivity contribution is 7.10. The second-order valence-electron chi connectivity index (χ2n) is 4.71. The number of hydrogen-bond donors (Lipinski definition) is 1. The van der Waals surface area contributed by atoms with Crippen LogP contribution in [-0.2, 0) is 4.74 Å². The standard InChI is InChI=1S/C15H16N2O2S/c16-12-5-2-1-4-11(12)15(18)17-7-8-19-13(10-17)14-6-3-9-20-14/h1-6,9,13H,7-8,10,16H2. The van der Waals surface area contributed by atoms with Crippen molar-refractivity contribution in [3.05, 3.63) is 52.2 Å². The summed E-state index contributed by atoms with van der Waals surface area (Å²) in [4.78, 5) is 15.5. The Labute approximate surface area is 121 Å². The third-order valence-electron chi connectivity index (χ3n) is 3.41. The summed E-state index contributed by atoms with van der Waals surface area (Å²) in [6.07, 6.45) is -0.0300. The zero-order valence-electron chi connectivity index (χ0n) is 11.0. The Morgan fingerprint density at radius 1 is 1.30 bits per heavy atom. The van der Waals surface area contributed by atoms with Gasteiger partial charge in [0.1, 0.15) is 6.10 Å². The van der Waals surface area contributed by atoms with Gasteiger partial charge >= 0.3 is 0 Å². The van der Waals surface area contributed by atoms with E-state index in [1.54, 1.807) is 23.5 Å². The van der Waals surface area contributed by atoms with E-state index >= 15 is 0 Å². The Morgan fingerprint density at radius 2 is 2.15 bits per heavy atom. The number of nitrogen functional groups attached to an aromatic ring is 1. The maximum atomic E-state index is 12.5. The molecule has 1 atom stereocenters. The largest absolute Gasteiger partial charge is 0.398 e. The topological polar surface area (TPSA) is 55.6 Å². The summed E-state index contributed by atoms with van der Waals surface area (Å²) in [5.41, 5.74) is 6.97. The third kappa shape index (κ3) is 2.55. The molecule has 1 aromatic heterocycles. The molecule has 1 saturated heterocycles. The molecule has 20 heavy (non-hydrogen) atoms. The highest BCUT2D eigenvalue weighted by Gasteiger charge is 2.27. The fourth-order valence-electron chi connectivity index (χ4n) is 2.34. The van der Waals surface area contributed by atoms with Crippen molar-refractivity contribution in [2.24, 2.45) is 0 Å². The summed E-state index contributed by atoms with van der Waals surface area (Å²) in [5, 5.41) is 2.02. The Balaban J connectivity index is 1.77. The highest BCUT2D eigenvalue weighted by atomic mass is 32.1. The van der Waals surface area contributed by atoms with E-state index in [-0.39, 0.29) is 12.0 Å². The number of carbonyl (C=O) groups excluding carboxylic acids is 1. The lowest BCUT2D eigenvalue weighted by atomic mass is 10.1. The maximum Gasteiger partial charge on any atom is 0.256 e. The minimum Gasteiger partial charge on any atom is -0.398 e. The van der Waals surface area contributed by atoms with Crippen molar-refractivity contribution in [2.45, 2.75) is 6.10 Å². The quantitative estimate of drug-likeness (QED) is 0.864. The van der Waals surface area contributed by atoms with Crippen molar-refractivity contribution in [3.8, 4) is 0 Å². The summed E-state index contributed by atoms with van der Waals surface area (Å²) in [6, 6.07) is 11.2. The second kappa shape index (κ2) is 5.64. The lowest BCUT2D eigenvalue weighted by molar-refractivity contribution is -0.0211. The number of amides is 1. The van der Waals surface area contributed by atoms with Crippen molar-refractivity contribution >= 4 is 22.9 Å². The van der Waals surface area contributed by atoms with Crippen LogP contribution in [0, 0.1) is 0 Å². The summed E-state index contributed by atoms with van der Waals surface area (Å²) in [5.74, 6) is -0.0204. The molecule has 1 fully saturated rings. The van der Waals surface area contributed by atoms with E-state index in [0.717, 1.165) is 4.88 Å². The third-order valence-corrected chi connectivity index (χ3v) is 4.37. The van der Waals surface area contributed by atoms with Crippen LogP contribution >= 0.6 is 11.3 Å². The first-order valence-corrected chi connectivity index (χ1v) is 7.42. The van der Waals surface area contributed by atoms with Crippen LogP contribution in [0.4, 0.5) is 5.69 Å². The van der Waals surface area contributed by atoms with Gasteiger partial charge in [0.2, 0.25) is 0 Å². The Bertz CT molecular complexity index is 598. The summed E-state index contributed by atoms with van der Waals surface area (Å²) in [7, 11) is 0. The number of morpholine rings is 1. The van der Waals surface area contributed by atoms with Crippen LogP contribution in [-0.4, -0.2) is 30.5 Å². The number of benzene rings is 1. The molecule has 0 spiro atoms. The summed E-state index contributed by atoms with van der Waals surface area (Å²) < 4.78 is 5.75. The van der Waals surface area contributed by atoms with Gasteiger partial charge in [-0.1, -0.05) is 18.2 Å². The molecule has 0 saturated carbocycles. The van der Waals surface area contributed by atoms with E-state index in [1.165, 1.54) is 0 Å². The minimum atomic E-state index is -0.0300. The van der Waals surface area contributed by atoms with E-state index in [1.807, 2.05) is 34.5 Å². The molecule has 1 aromatic carbocycles. The smallest absolute Gasteiger partial charge is 0.256 e. The summed E-state index contributed by atoms with van der Waals surface area (Å²) in [6.45, 7) is 1.74. The molecule has 1 unspecified atom stereocenters. The number of carbonyl (C=O) groups is 1. The molecule has 3 rings (SSSR count). The van der Waals surface area contributed by atoms with E-state index < -0.39 is 0 Å². The van der Waals surface area contributed by atoms with Gasteiger partial charge in [-0.15, -0.1) is 11.3 Å². The lowest BCUT2D eigenvalue weighted by Gasteiger charge is -2.32. The van der Waals surface area contributed by atoms with Gasteiger partial charge in [0, 0.05) is 17.1 Å². The van der Waals surface area contributed by atoms with E-state index in [0.29, 0.717) is 30.9 Å². The predicted molar refractivity (Wildman–Crippen MR) is 79.8 cm³/mol. The summed E-state index contributed by atoms with van der Waals surface area (Å²) >= 11 is 1.65. The monoisotopic (exact) mass is 288 g/mol. The number of nitrogens with zero attached hydrogens (tertiary/aromatic N) is 1. The molecule has 0 radical (unpaired) electrons. The number of para-hydroxylation sites is 1. The molecule has 1 amide bonds. The fraction of sp³-hybridized carbons (Fsp3) is 0.267. The van der Waals surface area contributed by atoms with Gasteiger partial charge in [0.05, 0.1) is 18.7 Å². The Kier molecular flexibility index (Phi) is 3.71. The molecule has 0 bridgehead atoms. The van der Waals surface area contributed by atoms with Gasteiger partial charge in [-0.2, -0.15) is 0 Å². The Hall–Kier alpha value is -1.85. The highest BCUT2D eigenvalue weighted by Crippen LogP contribution is 2.27. The molecular weight excluding hydrogens is 272 g/mol. The molecule has 1 aliphatic heterocycles. The van der Waals surface area contributed by atoms with Gasteiger partial charge in [-0.25, -0.2) is 0 Å². The van der Waals surface area contributed by atoms with Gasteiger partial charge in [0.25, 0.3) is 5.91 Å². The number of hydrogen-bond acceptors (Lipinski definition) is 4. The Morgan fingerprint density at radius 3 is 2.90 bits per heavy atom. The zero-order valence-corrected chi connectivity index (χ0v) is 11.8. The molecule has 4 nitrogen and oxygen atoms in total. The number of rotatable bonds is 2. The fourth-order valence-corrected chi connectivity index (χ4v) is 3.11. The SMILES string of the molecule is Nc1ccccc1C(=O)N1CCOC(c2cccs2)C1. The number of anilines is 1. The van der Waals surface area contributed by atoms with Crippen molar-refractivity contribution in [1.29, 1.82) is 0 Å². The molecule has 2 N–H and O–H groups in total. The van der Waals surface area contributed by atoms with Crippen LogP contribution < -0.4 is 5.73 Å². The number of nitrogens with two attached hydrogens (primary N) is 1. The number of ether oxygens (including phenoxy) is 1. The average molecular weight is 288 g/mol. The van der Waals surface area contributed by atoms with Crippen LogP contribution in [0.1, 0.15) is 21.3 Å². The zero-order chi connectivity index (χ0) is 13.9. The molecule has 1 aliphatic rings. The first-order chi connectivity index (χ1) is 9.75. The molecule has 2 aromatic rings. The van der Waals surface area contributed by atoms with Crippen LogP contribution in [0.3, 0.4) is 0 Å². The molecule has 2 heterocycles. The van der Waals surface area contributed by atoms with Crippen LogP contribution in [0.15, 0.2) is 41.8 Å². The number of thiophene rings is 1. The van der Waals surface area contributed by atoms with Crippen LogP contribution in [0.25, 0.3) is 0 Å². The van der Waals surface area contributed by atoms with Gasteiger partial charge < -0.3 is 15.4 Å². The maximum absolute atomic E-state index is 12.5. The van der Waals surface area contributed by atoms with Crippen molar-refractivity contribution < 1.29 is 9.53 Å². The second-order valence-corrected chi connectivity index (χ2v) is 5.69. The molecule has 104 valence electrons. The first kappa shape index (κ1) is 13.1. The average Bonchev–Trinajstić information content (AvgIpc) is 3.01. The molecule has 5 heteroatoms. The van der Waals surface area contributed by atoms with E-state index in [2.05, 4.69) is 0 Å². The normalized spacial score (nSPS) is 19.0. The van der Waals surface area contributed by atoms with Crippen LogP contribution in [0.5, 0.6) is 0 Å². The van der Waals surface area contributed by atoms with Gasteiger partial charge in [0.15, 0.2) is 0 Å². The molecule has 0 aliphatic carbocycles. The van der Waals surface area contributed by atoms with Crippen LogP contribution in [0.2, 0.25) is 0 Å². The van der Waals surface area contributed by atoms with Crippen molar-refractivity contribution in [3.63, 3.8) is 0 Å². The molecular formula is C15H16N2O2S. The van der Waals surface area contributed by atoms with Gasteiger partial charge in [-0.05, 0) is 23.6 Å². The van der Waals surface area contributed by atoms with Gasteiger partial charge in [-0.3, -0.25) is 4.79 Å².